The topological polar surface area (TPSA) is 74.5 Å². The van der Waals surface area contributed by atoms with Crippen molar-refractivity contribution in [1.82, 2.24) is 4.98 Å². The molecule has 0 unspecified atom stereocenters. The summed E-state index contributed by atoms with van der Waals surface area (Å²) in [4.78, 5) is 13.9. The first-order chi connectivity index (χ1) is 9.83. The molecular formula is C15H16N2O4. The van der Waals surface area contributed by atoms with Gasteiger partial charge in [0.2, 0.25) is 5.88 Å². The van der Waals surface area contributed by atoms with E-state index in [1.165, 1.54) is 12.1 Å². The van der Waals surface area contributed by atoms with E-state index in [-0.39, 0.29) is 11.3 Å². The normalized spacial score (nSPS) is 11.0. The zero-order valence-corrected chi connectivity index (χ0v) is 12.1. The quantitative estimate of drug-likeness (QED) is 0.628. The van der Waals surface area contributed by atoms with E-state index in [4.69, 9.17) is 9.47 Å². The smallest absolute Gasteiger partial charge is 0.287 e. The molecule has 0 amide bonds. The minimum absolute atomic E-state index is 0.0729. The standard InChI is InChI=1S/C15H16N2O4/c1-15(2,3)21-13-7-5-12(6-8-13)20-14-9-4-11(10-16-14)17(18)19/h4-10H,1-3H3. The summed E-state index contributed by atoms with van der Waals surface area (Å²) in [5.41, 5.74) is -0.335. The Kier molecular flexibility index (Phi) is 4.07. The molecule has 0 radical (unpaired) electrons. The Balaban J connectivity index is 2.04. The molecule has 0 aliphatic heterocycles. The van der Waals surface area contributed by atoms with Gasteiger partial charge in [-0.05, 0) is 45.0 Å². The molecule has 21 heavy (non-hydrogen) atoms. The summed E-state index contributed by atoms with van der Waals surface area (Å²) in [6.07, 6.45) is 1.16. The molecule has 1 aromatic carbocycles. The number of hydrogen-bond donors (Lipinski definition) is 0. The molecule has 0 fully saturated rings. The largest absolute Gasteiger partial charge is 0.488 e. The summed E-state index contributed by atoms with van der Waals surface area (Å²) in [5, 5.41) is 10.5. The molecule has 0 spiro atoms. The lowest BCUT2D eigenvalue weighted by molar-refractivity contribution is -0.385. The maximum Gasteiger partial charge on any atom is 0.287 e. The van der Waals surface area contributed by atoms with Gasteiger partial charge in [-0.1, -0.05) is 0 Å². The van der Waals surface area contributed by atoms with Crippen LogP contribution in [0.4, 0.5) is 5.69 Å². The molecule has 6 nitrogen and oxygen atoms in total. The highest BCUT2D eigenvalue weighted by Gasteiger charge is 2.11. The monoisotopic (exact) mass is 288 g/mol. The second-order valence-electron chi connectivity index (χ2n) is 5.40. The summed E-state index contributed by atoms with van der Waals surface area (Å²) in [6, 6.07) is 9.91. The Hall–Kier alpha value is -2.63. The Morgan fingerprint density at radius 2 is 1.67 bits per heavy atom. The maximum atomic E-state index is 10.5. The molecule has 0 aliphatic carbocycles. The number of nitro groups is 1. The van der Waals surface area contributed by atoms with Gasteiger partial charge in [0.05, 0.1) is 4.92 Å². The Bertz CT molecular complexity index is 616. The molecule has 110 valence electrons. The highest BCUT2D eigenvalue weighted by Crippen LogP contribution is 2.25. The highest BCUT2D eigenvalue weighted by molar-refractivity contribution is 5.35. The van der Waals surface area contributed by atoms with Crippen molar-refractivity contribution in [3.05, 3.63) is 52.7 Å². The van der Waals surface area contributed by atoms with E-state index in [0.717, 1.165) is 11.9 Å². The first-order valence-electron chi connectivity index (χ1n) is 6.41. The molecule has 0 saturated heterocycles. The fourth-order valence-electron chi connectivity index (χ4n) is 1.59. The van der Waals surface area contributed by atoms with Crippen molar-refractivity contribution in [2.45, 2.75) is 26.4 Å². The lowest BCUT2D eigenvalue weighted by atomic mass is 10.2. The second kappa shape index (κ2) is 5.78. The van der Waals surface area contributed by atoms with Crippen LogP contribution in [0.5, 0.6) is 17.4 Å². The number of ether oxygens (including phenoxy) is 2. The molecule has 0 bridgehead atoms. The summed E-state index contributed by atoms with van der Waals surface area (Å²) in [5.74, 6) is 1.62. The first-order valence-corrected chi connectivity index (χ1v) is 6.41. The Morgan fingerprint density at radius 3 is 2.14 bits per heavy atom. The number of aromatic nitrogens is 1. The van der Waals surface area contributed by atoms with Crippen LogP contribution in [0.3, 0.4) is 0 Å². The number of pyridine rings is 1. The Labute approximate surface area is 122 Å². The van der Waals surface area contributed by atoms with Gasteiger partial charge in [0.25, 0.3) is 5.69 Å². The van der Waals surface area contributed by atoms with Gasteiger partial charge >= 0.3 is 0 Å². The first kappa shape index (κ1) is 14.8. The summed E-state index contributed by atoms with van der Waals surface area (Å²) < 4.78 is 11.2. The van der Waals surface area contributed by atoms with Gasteiger partial charge in [0, 0.05) is 12.1 Å². The van der Waals surface area contributed by atoms with E-state index in [1.54, 1.807) is 24.3 Å². The second-order valence-corrected chi connectivity index (χ2v) is 5.40. The van der Waals surface area contributed by atoms with Crippen molar-refractivity contribution in [3.63, 3.8) is 0 Å². The van der Waals surface area contributed by atoms with E-state index in [9.17, 15) is 10.1 Å². The van der Waals surface area contributed by atoms with Gasteiger partial charge in [-0.25, -0.2) is 4.98 Å². The van der Waals surface area contributed by atoms with Crippen LogP contribution < -0.4 is 9.47 Å². The lowest BCUT2D eigenvalue weighted by Crippen LogP contribution is -2.22. The minimum Gasteiger partial charge on any atom is -0.488 e. The van der Waals surface area contributed by atoms with Crippen LogP contribution in [0.2, 0.25) is 0 Å². The summed E-state index contributed by atoms with van der Waals surface area (Å²) in [7, 11) is 0. The molecule has 0 saturated carbocycles. The van der Waals surface area contributed by atoms with E-state index in [2.05, 4.69) is 4.98 Å². The summed E-state index contributed by atoms with van der Waals surface area (Å²) >= 11 is 0. The number of rotatable bonds is 4. The zero-order chi connectivity index (χ0) is 15.5. The third kappa shape index (κ3) is 4.45. The molecule has 1 heterocycles. The van der Waals surface area contributed by atoms with E-state index in [1.807, 2.05) is 20.8 Å². The van der Waals surface area contributed by atoms with Gasteiger partial charge in [0.15, 0.2) is 0 Å². The number of nitrogens with zero attached hydrogens (tertiary/aromatic N) is 2. The van der Waals surface area contributed by atoms with Crippen LogP contribution in [0, 0.1) is 10.1 Å². The molecule has 1 aromatic heterocycles. The molecule has 0 aliphatic rings. The van der Waals surface area contributed by atoms with Crippen LogP contribution in [0.1, 0.15) is 20.8 Å². The molecule has 2 aromatic rings. The van der Waals surface area contributed by atoms with Crippen LogP contribution in [-0.2, 0) is 0 Å². The molecule has 6 heteroatoms. The predicted molar refractivity (Wildman–Crippen MR) is 77.8 cm³/mol. The molecule has 0 atom stereocenters. The number of hydrogen-bond acceptors (Lipinski definition) is 5. The average Bonchev–Trinajstić information content (AvgIpc) is 2.40. The highest BCUT2D eigenvalue weighted by atomic mass is 16.6. The van der Waals surface area contributed by atoms with Crippen LogP contribution in [-0.4, -0.2) is 15.5 Å². The van der Waals surface area contributed by atoms with Crippen LogP contribution >= 0.6 is 0 Å². The van der Waals surface area contributed by atoms with Crippen molar-refractivity contribution in [2.75, 3.05) is 0 Å². The Morgan fingerprint density at radius 1 is 1.05 bits per heavy atom. The third-order valence-corrected chi connectivity index (χ3v) is 2.40. The van der Waals surface area contributed by atoms with Gasteiger partial charge in [0.1, 0.15) is 23.3 Å². The summed E-state index contributed by atoms with van der Waals surface area (Å²) in [6.45, 7) is 5.91. The SMILES string of the molecule is CC(C)(C)Oc1ccc(Oc2ccc([N+](=O)[O-])cn2)cc1. The average molecular weight is 288 g/mol. The van der Waals surface area contributed by atoms with E-state index >= 15 is 0 Å². The van der Waals surface area contributed by atoms with Gasteiger partial charge < -0.3 is 9.47 Å². The molecular weight excluding hydrogens is 272 g/mol. The van der Waals surface area contributed by atoms with Gasteiger partial charge in [-0.2, -0.15) is 0 Å². The van der Waals surface area contributed by atoms with Crippen LogP contribution in [0.15, 0.2) is 42.6 Å². The van der Waals surface area contributed by atoms with Gasteiger partial charge in [-0.3, -0.25) is 10.1 Å². The zero-order valence-electron chi connectivity index (χ0n) is 12.1. The maximum absolute atomic E-state index is 10.5. The molecule has 0 N–H and O–H groups in total. The third-order valence-electron chi connectivity index (χ3n) is 2.40. The predicted octanol–water partition coefficient (Wildman–Crippen LogP) is 3.96. The minimum atomic E-state index is -0.505. The van der Waals surface area contributed by atoms with Crippen molar-refractivity contribution in [2.24, 2.45) is 0 Å². The van der Waals surface area contributed by atoms with E-state index < -0.39 is 4.92 Å². The van der Waals surface area contributed by atoms with Crippen molar-refractivity contribution >= 4 is 5.69 Å². The number of benzene rings is 1. The van der Waals surface area contributed by atoms with Crippen molar-refractivity contribution in [1.29, 1.82) is 0 Å². The van der Waals surface area contributed by atoms with Crippen LogP contribution in [0.25, 0.3) is 0 Å². The fraction of sp³-hybridized carbons (Fsp3) is 0.267. The fourth-order valence-corrected chi connectivity index (χ4v) is 1.59. The van der Waals surface area contributed by atoms with E-state index in [0.29, 0.717) is 11.6 Å². The van der Waals surface area contributed by atoms with Crippen molar-refractivity contribution < 1.29 is 14.4 Å². The van der Waals surface area contributed by atoms with Gasteiger partial charge in [-0.15, -0.1) is 0 Å². The van der Waals surface area contributed by atoms with Crippen molar-refractivity contribution in [3.8, 4) is 17.4 Å². The lowest BCUT2D eigenvalue weighted by Gasteiger charge is -2.21. The molecule has 2 rings (SSSR count).